The van der Waals surface area contributed by atoms with Crippen LogP contribution >= 0.6 is 11.6 Å². The molecule has 0 radical (unpaired) electrons. The molecule has 0 spiro atoms. The van der Waals surface area contributed by atoms with Gasteiger partial charge in [0.25, 0.3) is 0 Å². The molecule has 1 aromatic heterocycles. The zero-order chi connectivity index (χ0) is 22.8. The van der Waals surface area contributed by atoms with Crippen LogP contribution in [0.3, 0.4) is 0 Å². The molecule has 0 saturated heterocycles. The summed E-state index contributed by atoms with van der Waals surface area (Å²) in [6.45, 7) is 0.783. The van der Waals surface area contributed by atoms with E-state index in [0.717, 1.165) is 34.6 Å². The highest BCUT2D eigenvalue weighted by molar-refractivity contribution is 6.30. The Morgan fingerprint density at radius 2 is 1.64 bits per heavy atom. The molecular formula is C28H24ClN3O. The van der Waals surface area contributed by atoms with Gasteiger partial charge in [-0.15, -0.1) is 0 Å². The smallest absolute Gasteiger partial charge is 0.232 e. The molecule has 5 heteroatoms. The monoisotopic (exact) mass is 453 g/mol. The molecule has 0 saturated carbocycles. The second kappa shape index (κ2) is 9.08. The molecule has 164 valence electrons. The van der Waals surface area contributed by atoms with E-state index >= 15 is 0 Å². The number of hydrogen-bond donors (Lipinski definition) is 0. The maximum atomic E-state index is 13.4. The van der Waals surface area contributed by atoms with E-state index in [1.165, 1.54) is 5.56 Å². The van der Waals surface area contributed by atoms with Crippen LogP contribution < -0.4 is 9.80 Å². The predicted octanol–water partition coefficient (Wildman–Crippen LogP) is 6.05. The van der Waals surface area contributed by atoms with E-state index < -0.39 is 0 Å². The lowest BCUT2D eigenvalue weighted by Crippen LogP contribution is -2.41. The van der Waals surface area contributed by atoms with Gasteiger partial charge < -0.3 is 9.80 Å². The Morgan fingerprint density at radius 1 is 0.939 bits per heavy atom. The van der Waals surface area contributed by atoms with Gasteiger partial charge in [-0.1, -0.05) is 48.0 Å². The van der Waals surface area contributed by atoms with Crippen LogP contribution in [-0.4, -0.2) is 17.9 Å². The van der Waals surface area contributed by atoms with E-state index in [1.54, 1.807) is 0 Å². The third-order valence-corrected chi connectivity index (χ3v) is 6.39. The molecule has 33 heavy (non-hydrogen) atoms. The maximum Gasteiger partial charge on any atom is 0.232 e. The number of aromatic nitrogens is 1. The fourth-order valence-electron chi connectivity index (χ4n) is 4.48. The lowest BCUT2D eigenvalue weighted by molar-refractivity contribution is -0.118. The van der Waals surface area contributed by atoms with Crippen LogP contribution in [0.15, 0.2) is 97.3 Å². The van der Waals surface area contributed by atoms with Crippen molar-refractivity contribution in [3.63, 3.8) is 0 Å². The molecule has 2 heterocycles. The minimum atomic E-state index is -0.194. The maximum absolute atomic E-state index is 13.4. The normalized spacial score (nSPS) is 15.3. The Labute approximate surface area is 199 Å². The van der Waals surface area contributed by atoms with E-state index in [-0.39, 0.29) is 11.9 Å². The van der Waals surface area contributed by atoms with Crippen molar-refractivity contribution in [1.82, 2.24) is 4.98 Å². The first-order chi connectivity index (χ1) is 16.1. The van der Waals surface area contributed by atoms with Gasteiger partial charge in [0, 0.05) is 42.4 Å². The van der Waals surface area contributed by atoms with Crippen LogP contribution in [0.25, 0.3) is 0 Å². The summed E-state index contributed by atoms with van der Waals surface area (Å²) in [6, 6.07) is 28.0. The van der Waals surface area contributed by atoms with Gasteiger partial charge in [0.15, 0.2) is 0 Å². The van der Waals surface area contributed by atoms with Gasteiger partial charge in [0.1, 0.15) is 0 Å². The average molecular weight is 454 g/mol. The summed E-state index contributed by atoms with van der Waals surface area (Å²) in [5, 5.41) is 0.683. The fourth-order valence-corrected chi connectivity index (χ4v) is 4.61. The Kier molecular flexibility index (Phi) is 5.84. The lowest BCUT2D eigenvalue weighted by Gasteiger charge is -2.38. The van der Waals surface area contributed by atoms with E-state index in [9.17, 15) is 4.79 Å². The standard InChI is InChI=1S/C28H24ClN3O/c1-31(19-20-14-16-30-17-15-20)24-10-12-25(13-11-24)32-27(33)18-22-4-2-3-5-26(22)28(32)21-6-8-23(29)9-7-21/h2-17,28H,18-19H2,1H3. The second-order valence-corrected chi connectivity index (χ2v) is 8.76. The quantitative estimate of drug-likeness (QED) is 0.369. The van der Waals surface area contributed by atoms with Crippen molar-refractivity contribution in [3.8, 4) is 0 Å². The summed E-state index contributed by atoms with van der Waals surface area (Å²) >= 11 is 6.15. The lowest BCUT2D eigenvalue weighted by atomic mass is 9.87. The summed E-state index contributed by atoms with van der Waals surface area (Å²) in [5.74, 6) is 0.0894. The first kappa shape index (κ1) is 21.2. The Morgan fingerprint density at radius 3 is 2.36 bits per heavy atom. The fraction of sp³-hybridized carbons (Fsp3) is 0.143. The van der Waals surface area contributed by atoms with Crippen molar-refractivity contribution in [3.05, 3.63) is 125 Å². The number of carbonyl (C=O) groups is 1. The molecule has 1 aliphatic heterocycles. The van der Waals surface area contributed by atoms with Crippen LogP contribution in [0.1, 0.15) is 28.3 Å². The minimum Gasteiger partial charge on any atom is -0.370 e. The van der Waals surface area contributed by atoms with Crippen LogP contribution in [0.2, 0.25) is 5.02 Å². The number of nitrogens with zero attached hydrogens (tertiary/aromatic N) is 3. The Bertz CT molecular complexity index is 1260. The average Bonchev–Trinajstić information content (AvgIpc) is 2.84. The third kappa shape index (κ3) is 4.35. The summed E-state index contributed by atoms with van der Waals surface area (Å²) in [7, 11) is 2.06. The van der Waals surface area contributed by atoms with Crippen molar-refractivity contribution in [1.29, 1.82) is 0 Å². The Hall–Kier alpha value is -3.63. The first-order valence-corrected chi connectivity index (χ1v) is 11.3. The van der Waals surface area contributed by atoms with Crippen molar-refractivity contribution in [2.75, 3.05) is 16.8 Å². The largest absolute Gasteiger partial charge is 0.370 e. The van der Waals surface area contributed by atoms with E-state index in [1.807, 2.05) is 84.0 Å². The number of anilines is 2. The number of halogens is 1. The number of fused-ring (bicyclic) bond motifs is 1. The van der Waals surface area contributed by atoms with Crippen LogP contribution in [0.5, 0.6) is 0 Å². The van der Waals surface area contributed by atoms with Crippen molar-refractivity contribution < 1.29 is 4.79 Å². The number of rotatable bonds is 5. The molecule has 1 unspecified atom stereocenters. The van der Waals surface area contributed by atoms with Gasteiger partial charge in [-0.2, -0.15) is 0 Å². The van der Waals surface area contributed by atoms with Crippen molar-refractivity contribution >= 4 is 28.9 Å². The predicted molar refractivity (Wildman–Crippen MR) is 134 cm³/mol. The van der Waals surface area contributed by atoms with Crippen LogP contribution in [0.4, 0.5) is 11.4 Å². The van der Waals surface area contributed by atoms with Gasteiger partial charge in [-0.3, -0.25) is 9.78 Å². The number of amides is 1. The van der Waals surface area contributed by atoms with Gasteiger partial charge in [0.05, 0.1) is 12.5 Å². The highest BCUT2D eigenvalue weighted by atomic mass is 35.5. The first-order valence-electron chi connectivity index (χ1n) is 11.0. The van der Waals surface area contributed by atoms with Crippen LogP contribution in [0, 0.1) is 0 Å². The summed E-state index contributed by atoms with van der Waals surface area (Å²) in [4.78, 5) is 21.5. The number of carbonyl (C=O) groups excluding carboxylic acids is 1. The summed E-state index contributed by atoms with van der Waals surface area (Å²) < 4.78 is 0. The molecule has 0 fully saturated rings. The molecule has 0 bridgehead atoms. The number of hydrogen-bond acceptors (Lipinski definition) is 3. The summed E-state index contributed by atoms with van der Waals surface area (Å²) in [6.07, 6.45) is 4.01. The molecule has 4 nitrogen and oxygen atoms in total. The molecule has 0 aliphatic carbocycles. The molecule has 1 atom stereocenters. The van der Waals surface area contributed by atoms with E-state index in [4.69, 9.17) is 11.6 Å². The zero-order valence-electron chi connectivity index (χ0n) is 18.4. The SMILES string of the molecule is CN(Cc1ccncc1)c1ccc(N2C(=O)Cc3ccccc3C2c2ccc(Cl)cc2)cc1. The molecule has 4 aromatic rings. The molecule has 0 N–H and O–H groups in total. The molecule has 1 aliphatic rings. The van der Waals surface area contributed by atoms with Crippen molar-refractivity contribution in [2.24, 2.45) is 0 Å². The van der Waals surface area contributed by atoms with Gasteiger partial charge in [0.2, 0.25) is 5.91 Å². The zero-order valence-corrected chi connectivity index (χ0v) is 19.1. The van der Waals surface area contributed by atoms with Crippen molar-refractivity contribution in [2.45, 2.75) is 19.0 Å². The summed E-state index contributed by atoms with van der Waals surface area (Å²) in [5.41, 5.74) is 6.44. The molecule has 5 rings (SSSR count). The van der Waals surface area contributed by atoms with Gasteiger partial charge in [-0.05, 0) is 70.8 Å². The Balaban J connectivity index is 1.48. The second-order valence-electron chi connectivity index (χ2n) is 8.32. The van der Waals surface area contributed by atoms with Crippen LogP contribution in [-0.2, 0) is 17.8 Å². The molecule has 3 aromatic carbocycles. The number of pyridine rings is 1. The number of benzene rings is 3. The van der Waals surface area contributed by atoms with E-state index in [2.05, 4.69) is 35.1 Å². The minimum absolute atomic E-state index is 0.0894. The highest BCUT2D eigenvalue weighted by Gasteiger charge is 2.34. The van der Waals surface area contributed by atoms with Gasteiger partial charge >= 0.3 is 0 Å². The molecule has 1 amide bonds. The third-order valence-electron chi connectivity index (χ3n) is 6.14. The van der Waals surface area contributed by atoms with Gasteiger partial charge in [-0.25, -0.2) is 0 Å². The highest BCUT2D eigenvalue weighted by Crippen LogP contribution is 2.39. The topological polar surface area (TPSA) is 36.4 Å². The molecular weight excluding hydrogens is 430 g/mol. The van der Waals surface area contributed by atoms with E-state index in [0.29, 0.717) is 11.4 Å².